The van der Waals surface area contributed by atoms with Crippen molar-refractivity contribution >= 4 is 23.5 Å². The van der Waals surface area contributed by atoms with E-state index in [9.17, 15) is 9.59 Å². The van der Waals surface area contributed by atoms with Gasteiger partial charge in [-0.05, 0) is 36.1 Å². The summed E-state index contributed by atoms with van der Waals surface area (Å²) in [5.41, 5.74) is 2.86. The molecule has 0 fully saturated rings. The second-order valence-electron chi connectivity index (χ2n) is 6.26. The van der Waals surface area contributed by atoms with Crippen molar-refractivity contribution in [1.82, 2.24) is 15.4 Å². The maximum absolute atomic E-state index is 12.4. The van der Waals surface area contributed by atoms with Gasteiger partial charge in [-0.25, -0.2) is 10.2 Å². The molecule has 162 valence electrons. The molecule has 1 amide bonds. The molecule has 0 aliphatic carbocycles. The van der Waals surface area contributed by atoms with Gasteiger partial charge in [-0.1, -0.05) is 13.0 Å². The van der Waals surface area contributed by atoms with Crippen LogP contribution in [0.1, 0.15) is 29.4 Å². The largest absolute Gasteiger partial charge is 0.493 e. The summed E-state index contributed by atoms with van der Waals surface area (Å²) in [6.45, 7) is 2.52. The van der Waals surface area contributed by atoms with E-state index in [4.69, 9.17) is 14.2 Å². The van der Waals surface area contributed by atoms with Gasteiger partial charge >= 0.3 is 5.69 Å². The van der Waals surface area contributed by atoms with E-state index in [0.29, 0.717) is 35.1 Å². The van der Waals surface area contributed by atoms with Gasteiger partial charge in [-0.3, -0.25) is 4.79 Å². The number of carbonyl (C=O) groups excluding carboxylic acids is 1. The van der Waals surface area contributed by atoms with Crippen LogP contribution in [0.4, 0.5) is 0 Å². The number of methoxy groups -OCH3 is 2. The van der Waals surface area contributed by atoms with E-state index >= 15 is 0 Å². The number of aromatic nitrogens is 2. The van der Waals surface area contributed by atoms with E-state index in [1.165, 1.54) is 37.8 Å². The summed E-state index contributed by atoms with van der Waals surface area (Å²) in [6, 6.07) is 8.62. The third-order valence-corrected chi connectivity index (χ3v) is 4.98. The zero-order valence-corrected chi connectivity index (χ0v) is 18.1. The minimum Gasteiger partial charge on any atom is -0.493 e. The summed E-state index contributed by atoms with van der Waals surface area (Å²) in [5.74, 6) is 0.860. The molecule has 2 heterocycles. The van der Waals surface area contributed by atoms with Gasteiger partial charge in [-0.2, -0.15) is 10.1 Å². The fourth-order valence-corrected chi connectivity index (χ4v) is 3.38. The summed E-state index contributed by atoms with van der Waals surface area (Å²) in [7, 11) is 3.06. The molecule has 2 N–H and O–H groups in total. The van der Waals surface area contributed by atoms with Crippen LogP contribution in [0.2, 0.25) is 0 Å². The number of H-pyrrole nitrogens is 1. The summed E-state index contributed by atoms with van der Waals surface area (Å²) in [5, 5.41) is 5.83. The standard InChI is InChI=1S/C21H22N4O5S/c1-4-7-30-19-16(28-2)9-13(10-17(19)29-3)12-22-25-20(26)15-11-14(23-21(27)24-15)18-6-5-8-31-18/h5-6,8-12H,4,7H2,1-3H3,(H,25,26)(H,23,24,27)/b22-12+. The highest BCUT2D eigenvalue weighted by atomic mass is 32.1. The van der Waals surface area contributed by atoms with Gasteiger partial charge in [-0.15, -0.1) is 11.3 Å². The molecule has 0 radical (unpaired) electrons. The minimum atomic E-state index is -0.614. The fourth-order valence-electron chi connectivity index (χ4n) is 2.68. The highest BCUT2D eigenvalue weighted by molar-refractivity contribution is 7.13. The van der Waals surface area contributed by atoms with E-state index in [0.717, 1.165) is 11.3 Å². The van der Waals surface area contributed by atoms with Crippen LogP contribution in [0.5, 0.6) is 17.2 Å². The summed E-state index contributed by atoms with van der Waals surface area (Å²) >= 11 is 1.44. The predicted octanol–water partition coefficient (Wildman–Crippen LogP) is 3.07. The third kappa shape index (κ3) is 5.48. The summed E-state index contributed by atoms with van der Waals surface area (Å²) in [4.78, 5) is 31.4. The molecular weight excluding hydrogens is 420 g/mol. The lowest BCUT2D eigenvalue weighted by atomic mass is 10.2. The summed E-state index contributed by atoms with van der Waals surface area (Å²) < 4.78 is 16.5. The molecule has 0 spiro atoms. The van der Waals surface area contributed by atoms with Crippen molar-refractivity contribution in [1.29, 1.82) is 0 Å². The van der Waals surface area contributed by atoms with Gasteiger partial charge in [0.1, 0.15) is 5.69 Å². The van der Waals surface area contributed by atoms with Crippen LogP contribution >= 0.6 is 11.3 Å². The van der Waals surface area contributed by atoms with Crippen LogP contribution in [0.25, 0.3) is 10.6 Å². The van der Waals surface area contributed by atoms with E-state index in [2.05, 4.69) is 20.5 Å². The number of benzene rings is 1. The predicted molar refractivity (Wildman–Crippen MR) is 119 cm³/mol. The third-order valence-electron chi connectivity index (χ3n) is 4.08. The van der Waals surface area contributed by atoms with Crippen LogP contribution in [0.15, 0.2) is 45.6 Å². The molecule has 0 bridgehead atoms. The van der Waals surface area contributed by atoms with Crippen molar-refractivity contribution in [3.8, 4) is 27.8 Å². The Hall–Kier alpha value is -3.66. The van der Waals surface area contributed by atoms with Gasteiger partial charge in [0.05, 0.1) is 37.6 Å². The number of hydrazone groups is 1. The lowest BCUT2D eigenvalue weighted by molar-refractivity contribution is 0.0949. The van der Waals surface area contributed by atoms with E-state index in [-0.39, 0.29) is 5.69 Å². The topological polar surface area (TPSA) is 115 Å². The van der Waals surface area contributed by atoms with Crippen molar-refractivity contribution in [2.24, 2.45) is 5.10 Å². The number of aromatic amines is 1. The molecule has 3 rings (SSSR count). The first-order valence-corrected chi connectivity index (χ1v) is 10.3. The van der Waals surface area contributed by atoms with E-state index in [1.807, 2.05) is 24.4 Å². The molecule has 0 saturated heterocycles. The Morgan fingerprint density at radius 3 is 2.61 bits per heavy atom. The van der Waals surface area contributed by atoms with Gasteiger partial charge in [0.25, 0.3) is 5.91 Å². The number of amides is 1. The molecule has 0 atom stereocenters. The second kappa shape index (κ2) is 10.4. The highest BCUT2D eigenvalue weighted by Crippen LogP contribution is 2.38. The molecule has 0 unspecified atom stereocenters. The molecule has 3 aromatic rings. The molecule has 0 aliphatic rings. The number of hydrogen-bond acceptors (Lipinski definition) is 8. The van der Waals surface area contributed by atoms with Crippen LogP contribution in [-0.4, -0.2) is 42.9 Å². The number of thiophene rings is 1. The van der Waals surface area contributed by atoms with Crippen LogP contribution in [0.3, 0.4) is 0 Å². The molecule has 9 nitrogen and oxygen atoms in total. The molecular formula is C21H22N4O5S. The lowest BCUT2D eigenvalue weighted by Crippen LogP contribution is -2.24. The van der Waals surface area contributed by atoms with Gasteiger partial charge in [0, 0.05) is 5.56 Å². The Balaban J connectivity index is 1.77. The van der Waals surface area contributed by atoms with Gasteiger partial charge in [0.15, 0.2) is 11.5 Å². The molecule has 1 aromatic carbocycles. The highest BCUT2D eigenvalue weighted by Gasteiger charge is 2.14. The fraction of sp³-hybridized carbons (Fsp3) is 0.238. The average molecular weight is 442 g/mol. The average Bonchev–Trinajstić information content (AvgIpc) is 3.32. The Morgan fingerprint density at radius 2 is 2.00 bits per heavy atom. The van der Waals surface area contributed by atoms with Crippen molar-refractivity contribution < 1.29 is 19.0 Å². The van der Waals surface area contributed by atoms with Crippen LogP contribution in [0, 0.1) is 0 Å². The first kappa shape index (κ1) is 22.0. The first-order chi connectivity index (χ1) is 15.0. The monoisotopic (exact) mass is 442 g/mol. The van der Waals surface area contributed by atoms with Crippen molar-refractivity contribution in [2.45, 2.75) is 13.3 Å². The molecule has 31 heavy (non-hydrogen) atoms. The van der Waals surface area contributed by atoms with Crippen molar-refractivity contribution in [3.63, 3.8) is 0 Å². The van der Waals surface area contributed by atoms with Crippen molar-refractivity contribution in [2.75, 3.05) is 20.8 Å². The number of carbonyl (C=O) groups is 1. The lowest BCUT2D eigenvalue weighted by Gasteiger charge is -2.14. The normalized spacial score (nSPS) is 10.8. The second-order valence-corrected chi connectivity index (χ2v) is 7.21. The maximum Gasteiger partial charge on any atom is 0.346 e. The first-order valence-electron chi connectivity index (χ1n) is 9.43. The Morgan fingerprint density at radius 1 is 1.26 bits per heavy atom. The molecule has 0 saturated carbocycles. The Bertz CT molecular complexity index is 1100. The van der Waals surface area contributed by atoms with Crippen molar-refractivity contribution in [3.05, 3.63) is 57.5 Å². The van der Waals surface area contributed by atoms with Gasteiger partial charge < -0.3 is 19.2 Å². The molecule has 2 aromatic heterocycles. The van der Waals surface area contributed by atoms with E-state index in [1.54, 1.807) is 12.1 Å². The number of nitrogens with zero attached hydrogens (tertiary/aromatic N) is 2. The molecule has 0 aliphatic heterocycles. The van der Waals surface area contributed by atoms with E-state index < -0.39 is 11.6 Å². The zero-order chi connectivity index (χ0) is 22.2. The smallest absolute Gasteiger partial charge is 0.346 e. The summed E-state index contributed by atoms with van der Waals surface area (Å²) in [6.07, 6.45) is 2.27. The van der Waals surface area contributed by atoms with Crippen LogP contribution in [-0.2, 0) is 0 Å². The molecule has 10 heteroatoms. The number of nitrogens with one attached hydrogen (secondary N) is 2. The number of hydrogen-bond donors (Lipinski definition) is 2. The number of ether oxygens (including phenoxy) is 3. The van der Waals surface area contributed by atoms with Gasteiger partial charge in [0.2, 0.25) is 5.75 Å². The Labute approximate surface area is 182 Å². The Kier molecular flexibility index (Phi) is 7.39. The zero-order valence-electron chi connectivity index (χ0n) is 17.3. The maximum atomic E-state index is 12.4. The SMILES string of the molecule is CCCOc1c(OC)cc(/C=N/NC(=O)c2cc(-c3cccs3)[nH]c(=O)n2)cc1OC. The quantitative estimate of drug-likeness (QED) is 0.389. The van der Waals surface area contributed by atoms with Crippen LogP contribution < -0.4 is 25.3 Å². The minimum absolute atomic E-state index is 0.0391. The number of rotatable bonds is 9.